The third kappa shape index (κ3) is 1.92. The van der Waals surface area contributed by atoms with Gasteiger partial charge in [-0.1, -0.05) is 0 Å². The molecule has 88 valence electrons. The molecule has 1 heterocycles. The van der Waals surface area contributed by atoms with E-state index in [4.69, 9.17) is 0 Å². The van der Waals surface area contributed by atoms with E-state index in [0.717, 1.165) is 25.7 Å². The Labute approximate surface area is 99.9 Å². The van der Waals surface area contributed by atoms with Crippen molar-refractivity contribution in [3.63, 3.8) is 0 Å². The predicted molar refractivity (Wildman–Crippen MR) is 65.2 cm³/mol. The first-order valence-electron chi connectivity index (χ1n) is 5.64. The van der Waals surface area contributed by atoms with Crippen molar-refractivity contribution in [1.82, 2.24) is 4.72 Å². The summed E-state index contributed by atoms with van der Waals surface area (Å²) in [4.78, 5) is 0. The Morgan fingerprint density at radius 1 is 1.44 bits per heavy atom. The van der Waals surface area contributed by atoms with Crippen LogP contribution in [0.4, 0.5) is 0 Å². The van der Waals surface area contributed by atoms with Crippen LogP contribution in [0.25, 0.3) is 0 Å². The van der Waals surface area contributed by atoms with E-state index in [1.54, 1.807) is 11.3 Å². The van der Waals surface area contributed by atoms with Gasteiger partial charge in [0.05, 0.1) is 5.25 Å². The molecule has 16 heavy (non-hydrogen) atoms. The van der Waals surface area contributed by atoms with E-state index in [2.05, 4.69) is 21.5 Å². The summed E-state index contributed by atoms with van der Waals surface area (Å²) in [7, 11) is -3.02. The normalized spacial score (nSPS) is 23.2. The zero-order valence-electron chi connectivity index (χ0n) is 8.98. The molecule has 0 atom stereocenters. The number of hydrogen-bond donors (Lipinski definition) is 1. The molecule has 0 spiro atoms. The van der Waals surface area contributed by atoms with Crippen molar-refractivity contribution in [3.8, 4) is 0 Å². The maximum absolute atomic E-state index is 11.7. The van der Waals surface area contributed by atoms with Gasteiger partial charge in [-0.2, -0.15) is 11.3 Å². The van der Waals surface area contributed by atoms with Gasteiger partial charge < -0.3 is 0 Å². The lowest BCUT2D eigenvalue weighted by Gasteiger charge is -2.14. The van der Waals surface area contributed by atoms with Crippen molar-refractivity contribution in [1.29, 1.82) is 0 Å². The van der Waals surface area contributed by atoms with Crippen LogP contribution in [-0.4, -0.2) is 20.2 Å². The molecule has 0 bridgehead atoms. The predicted octanol–water partition coefficient (Wildman–Crippen LogP) is 1.86. The van der Waals surface area contributed by atoms with Gasteiger partial charge in [0, 0.05) is 12.0 Å². The first-order chi connectivity index (χ1) is 7.62. The average molecular weight is 257 g/mol. The van der Waals surface area contributed by atoms with Crippen LogP contribution in [0, 0.1) is 0 Å². The zero-order valence-corrected chi connectivity index (χ0v) is 10.6. The molecule has 1 aromatic heterocycles. The van der Waals surface area contributed by atoms with E-state index < -0.39 is 10.0 Å². The minimum absolute atomic E-state index is 0.106. The van der Waals surface area contributed by atoms with E-state index in [1.165, 1.54) is 5.56 Å². The molecule has 0 aromatic carbocycles. The first kappa shape index (κ1) is 10.7. The van der Waals surface area contributed by atoms with Crippen LogP contribution in [0.5, 0.6) is 0 Å². The second-order valence-corrected chi connectivity index (χ2v) is 7.68. The lowest BCUT2D eigenvalue weighted by Crippen LogP contribution is -2.34. The molecule has 1 N–H and O–H groups in total. The molecular weight excluding hydrogens is 242 g/mol. The monoisotopic (exact) mass is 257 g/mol. The fourth-order valence-electron chi connectivity index (χ4n) is 2.02. The lowest BCUT2D eigenvalue weighted by atomic mass is 10.0. The van der Waals surface area contributed by atoms with Crippen LogP contribution in [0.2, 0.25) is 0 Å². The third-order valence-corrected chi connectivity index (χ3v) is 6.14. The molecule has 2 aliphatic rings. The second kappa shape index (κ2) is 3.55. The summed E-state index contributed by atoms with van der Waals surface area (Å²) in [6.07, 6.45) is 3.88. The Morgan fingerprint density at radius 3 is 2.69 bits per heavy atom. The van der Waals surface area contributed by atoms with Crippen molar-refractivity contribution in [2.75, 3.05) is 6.54 Å². The molecule has 0 unspecified atom stereocenters. The lowest BCUT2D eigenvalue weighted by molar-refractivity contribution is 0.566. The van der Waals surface area contributed by atoms with Crippen molar-refractivity contribution >= 4 is 21.4 Å². The number of rotatable bonds is 5. The van der Waals surface area contributed by atoms with Crippen LogP contribution in [0.15, 0.2) is 16.8 Å². The molecule has 2 fully saturated rings. The molecule has 0 saturated heterocycles. The highest BCUT2D eigenvalue weighted by Crippen LogP contribution is 2.48. The van der Waals surface area contributed by atoms with Gasteiger partial charge in [-0.25, -0.2) is 13.1 Å². The fraction of sp³-hybridized carbons (Fsp3) is 0.636. The maximum atomic E-state index is 11.7. The topological polar surface area (TPSA) is 46.2 Å². The summed E-state index contributed by atoms with van der Waals surface area (Å²) in [5, 5.41) is 4.09. The van der Waals surface area contributed by atoms with Gasteiger partial charge in [-0.3, -0.25) is 0 Å². The highest BCUT2D eigenvalue weighted by Gasteiger charge is 2.46. The average Bonchev–Trinajstić information content (AvgIpc) is 3.17. The van der Waals surface area contributed by atoms with Gasteiger partial charge in [0.1, 0.15) is 0 Å². The summed E-state index contributed by atoms with van der Waals surface area (Å²) < 4.78 is 26.2. The molecule has 1 aromatic rings. The van der Waals surface area contributed by atoms with Gasteiger partial charge in [0.15, 0.2) is 0 Å². The van der Waals surface area contributed by atoms with Crippen molar-refractivity contribution in [2.45, 2.75) is 36.3 Å². The fourth-order valence-corrected chi connectivity index (χ4v) is 4.27. The number of hydrogen-bond acceptors (Lipinski definition) is 3. The third-order valence-electron chi connectivity index (χ3n) is 3.56. The number of nitrogens with one attached hydrogen (secondary N) is 1. The van der Waals surface area contributed by atoms with Crippen molar-refractivity contribution in [3.05, 3.63) is 22.4 Å². The van der Waals surface area contributed by atoms with Gasteiger partial charge in [0.25, 0.3) is 0 Å². The van der Waals surface area contributed by atoms with E-state index >= 15 is 0 Å². The molecule has 2 aliphatic carbocycles. The second-order valence-electron chi connectivity index (χ2n) is 4.86. The van der Waals surface area contributed by atoms with Crippen molar-refractivity contribution < 1.29 is 8.42 Å². The van der Waals surface area contributed by atoms with E-state index in [0.29, 0.717) is 6.54 Å². The van der Waals surface area contributed by atoms with E-state index in [9.17, 15) is 8.42 Å². The smallest absolute Gasteiger partial charge is 0.214 e. The highest BCUT2D eigenvalue weighted by atomic mass is 32.2. The van der Waals surface area contributed by atoms with E-state index in [1.807, 2.05) is 0 Å². The number of sulfonamides is 1. The standard InChI is InChI=1S/C11H15NO2S2/c13-16(14,10-1-2-10)12-8-11(4-5-11)9-3-6-15-7-9/h3,6-7,10,12H,1-2,4-5,8H2. The Balaban J connectivity index is 1.67. The first-order valence-corrected chi connectivity index (χ1v) is 8.13. The van der Waals surface area contributed by atoms with Crippen LogP contribution in [0.3, 0.4) is 0 Å². The van der Waals surface area contributed by atoms with Crippen molar-refractivity contribution in [2.24, 2.45) is 0 Å². The molecule has 3 nitrogen and oxygen atoms in total. The Morgan fingerprint density at radius 2 is 2.19 bits per heavy atom. The Kier molecular flexibility index (Phi) is 2.38. The van der Waals surface area contributed by atoms with Gasteiger partial charge in [-0.05, 0) is 48.1 Å². The van der Waals surface area contributed by atoms with Gasteiger partial charge >= 0.3 is 0 Å². The van der Waals surface area contributed by atoms with Gasteiger partial charge in [0.2, 0.25) is 10.0 Å². The SMILES string of the molecule is O=S(=O)(NCC1(c2ccsc2)CC1)C1CC1. The molecule has 2 saturated carbocycles. The minimum Gasteiger partial charge on any atom is -0.214 e. The quantitative estimate of drug-likeness (QED) is 0.875. The molecule has 0 radical (unpaired) electrons. The summed E-state index contributed by atoms with van der Waals surface area (Å²) in [5.41, 5.74) is 1.41. The van der Waals surface area contributed by atoms with Crippen LogP contribution < -0.4 is 4.72 Å². The molecule has 3 rings (SSSR count). The number of thiophene rings is 1. The molecule has 0 aliphatic heterocycles. The summed E-state index contributed by atoms with van der Waals surface area (Å²) in [5.74, 6) is 0. The summed E-state index contributed by atoms with van der Waals surface area (Å²) in [6, 6.07) is 2.11. The highest BCUT2D eigenvalue weighted by molar-refractivity contribution is 7.90. The largest absolute Gasteiger partial charge is 0.214 e. The minimum atomic E-state index is -3.02. The molecule has 0 amide bonds. The molecular formula is C11H15NO2S2. The maximum Gasteiger partial charge on any atom is 0.214 e. The Bertz CT molecular complexity index is 470. The van der Waals surface area contributed by atoms with Crippen LogP contribution in [0.1, 0.15) is 31.2 Å². The Hall–Kier alpha value is -0.390. The summed E-state index contributed by atoms with van der Waals surface area (Å²) >= 11 is 1.68. The van der Waals surface area contributed by atoms with Gasteiger partial charge in [-0.15, -0.1) is 0 Å². The van der Waals surface area contributed by atoms with Crippen LogP contribution in [-0.2, 0) is 15.4 Å². The molecule has 5 heteroatoms. The van der Waals surface area contributed by atoms with E-state index in [-0.39, 0.29) is 10.7 Å². The zero-order chi connectivity index (χ0) is 11.2. The summed E-state index contributed by atoms with van der Waals surface area (Å²) in [6.45, 7) is 0.586. The van der Waals surface area contributed by atoms with Crippen LogP contribution >= 0.6 is 11.3 Å².